The van der Waals surface area contributed by atoms with Gasteiger partial charge in [0, 0.05) is 5.56 Å². The van der Waals surface area contributed by atoms with E-state index in [0.717, 1.165) is 11.1 Å². The Balaban J connectivity index is 2.30. The number of carbonyl (C=O) groups is 2. The highest BCUT2D eigenvalue weighted by Crippen LogP contribution is 2.42. The van der Waals surface area contributed by atoms with Gasteiger partial charge in [0.05, 0.1) is 5.92 Å². The van der Waals surface area contributed by atoms with E-state index < -0.39 is 17.4 Å². The lowest BCUT2D eigenvalue weighted by atomic mass is 9.74. The molecule has 2 aromatic rings. The number of benzene rings is 2. The monoisotopic (exact) mass is 280 g/mol. The van der Waals surface area contributed by atoms with Crippen molar-refractivity contribution in [3.8, 4) is 0 Å². The normalized spacial score (nSPS) is 21.5. The first-order valence-electron chi connectivity index (χ1n) is 6.84. The second kappa shape index (κ2) is 4.74. The van der Waals surface area contributed by atoms with Crippen molar-refractivity contribution >= 4 is 11.8 Å². The zero-order chi connectivity index (χ0) is 15.0. The molecule has 2 aromatic carbocycles. The summed E-state index contributed by atoms with van der Waals surface area (Å²) in [4.78, 5) is 24.2. The number of nitrogens with two attached hydrogens (primary N) is 1. The van der Waals surface area contributed by atoms with Crippen LogP contribution in [0.25, 0.3) is 0 Å². The molecule has 4 nitrogen and oxygen atoms in total. The van der Waals surface area contributed by atoms with Crippen LogP contribution in [-0.4, -0.2) is 11.8 Å². The summed E-state index contributed by atoms with van der Waals surface area (Å²) >= 11 is 0. The first-order valence-corrected chi connectivity index (χ1v) is 6.84. The Morgan fingerprint density at radius 2 is 1.71 bits per heavy atom. The standard InChI is InChI=1S/C17H16N2O2/c1-11(15(18)20)17(12-7-3-2-4-8-12)14-10-6-5-9-13(14)16(21)19-17/h2-11H,1H3,(H2,18,20)(H,19,21). The number of hydrogen-bond acceptors (Lipinski definition) is 2. The molecule has 2 atom stereocenters. The van der Waals surface area contributed by atoms with E-state index in [4.69, 9.17) is 5.73 Å². The van der Waals surface area contributed by atoms with Gasteiger partial charge >= 0.3 is 0 Å². The van der Waals surface area contributed by atoms with Gasteiger partial charge in [0.2, 0.25) is 5.91 Å². The van der Waals surface area contributed by atoms with E-state index in [-0.39, 0.29) is 5.91 Å². The molecule has 1 aliphatic rings. The van der Waals surface area contributed by atoms with Gasteiger partial charge in [-0.1, -0.05) is 55.5 Å². The molecular formula is C17H16N2O2. The van der Waals surface area contributed by atoms with E-state index in [0.29, 0.717) is 5.56 Å². The van der Waals surface area contributed by atoms with Crippen molar-refractivity contribution in [1.29, 1.82) is 0 Å². The average molecular weight is 280 g/mol. The molecule has 4 heteroatoms. The van der Waals surface area contributed by atoms with E-state index in [1.54, 1.807) is 13.0 Å². The number of hydrogen-bond donors (Lipinski definition) is 2. The van der Waals surface area contributed by atoms with Crippen LogP contribution in [0.1, 0.15) is 28.4 Å². The van der Waals surface area contributed by atoms with Gasteiger partial charge in [-0.25, -0.2) is 0 Å². The lowest BCUT2D eigenvalue weighted by molar-refractivity contribution is -0.123. The van der Waals surface area contributed by atoms with E-state index in [1.165, 1.54) is 0 Å². The third kappa shape index (κ3) is 1.83. The van der Waals surface area contributed by atoms with Crippen LogP contribution in [-0.2, 0) is 10.3 Å². The van der Waals surface area contributed by atoms with Gasteiger partial charge in [-0.2, -0.15) is 0 Å². The fourth-order valence-electron chi connectivity index (χ4n) is 3.07. The molecular weight excluding hydrogens is 264 g/mol. The zero-order valence-corrected chi connectivity index (χ0v) is 11.7. The smallest absolute Gasteiger partial charge is 0.252 e. The van der Waals surface area contributed by atoms with Crippen molar-refractivity contribution in [2.24, 2.45) is 11.7 Å². The average Bonchev–Trinajstić information content (AvgIpc) is 2.82. The molecule has 2 amide bonds. The van der Waals surface area contributed by atoms with E-state index >= 15 is 0 Å². The molecule has 0 radical (unpaired) electrons. The van der Waals surface area contributed by atoms with Gasteiger partial charge < -0.3 is 11.1 Å². The summed E-state index contributed by atoms with van der Waals surface area (Å²) in [5.41, 5.74) is 6.90. The Kier molecular flexibility index (Phi) is 3.01. The Morgan fingerprint density at radius 3 is 2.38 bits per heavy atom. The van der Waals surface area contributed by atoms with Crippen LogP contribution in [0.4, 0.5) is 0 Å². The molecule has 3 rings (SSSR count). The summed E-state index contributed by atoms with van der Waals surface area (Å²) in [6.07, 6.45) is 0. The van der Waals surface area contributed by atoms with Crippen LogP contribution in [0.15, 0.2) is 54.6 Å². The summed E-state index contributed by atoms with van der Waals surface area (Å²) in [6, 6.07) is 16.8. The minimum absolute atomic E-state index is 0.178. The Hall–Kier alpha value is -2.62. The summed E-state index contributed by atoms with van der Waals surface area (Å²) in [5, 5.41) is 2.99. The quantitative estimate of drug-likeness (QED) is 0.899. The summed E-state index contributed by atoms with van der Waals surface area (Å²) in [6.45, 7) is 1.75. The van der Waals surface area contributed by atoms with E-state index in [2.05, 4.69) is 5.32 Å². The molecule has 0 saturated heterocycles. The van der Waals surface area contributed by atoms with Crippen LogP contribution in [0.2, 0.25) is 0 Å². The van der Waals surface area contributed by atoms with Gasteiger partial charge in [0.25, 0.3) is 5.91 Å². The van der Waals surface area contributed by atoms with Crippen molar-refractivity contribution in [3.05, 3.63) is 71.3 Å². The summed E-state index contributed by atoms with van der Waals surface area (Å²) < 4.78 is 0. The SMILES string of the molecule is CC(C(N)=O)C1(c2ccccc2)NC(=O)c2ccccc21. The van der Waals surface area contributed by atoms with Gasteiger partial charge in [0.15, 0.2) is 0 Å². The van der Waals surface area contributed by atoms with Crippen molar-refractivity contribution in [2.75, 3.05) is 0 Å². The van der Waals surface area contributed by atoms with Crippen LogP contribution in [0, 0.1) is 5.92 Å². The highest BCUT2D eigenvalue weighted by molar-refractivity contribution is 6.02. The molecule has 0 fully saturated rings. The molecule has 2 unspecified atom stereocenters. The highest BCUT2D eigenvalue weighted by Gasteiger charge is 2.49. The summed E-state index contributed by atoms with van der Waals surface area (Å²) in [5.74, 6) is -1.19. The lowest BCUT2D eigenvalue weighted by Gasteiger charge is -2.35. The molecule has 0 spiro atoms. The molecule has 0 aliphatic carbocycles. The van der Waals surface area contributed by atoms with Crippen LogP contribution in [0.3, 0.4) is 0 Å². The maximum absolute atomic E-state index is 12.3. The fourth-order valence-corrected chi connectivity index (χ4v) is 3.07. The van der Waals surface area contributed by atoms with Crippen molar-refractivity contribution in [2.45, 2.75) is 12.5 Å². The number of carbonyl (C=O) groups excluding carboxylic acids is 2. The molecule has 1 heterocycles. The van der Waals surface area contributed by atoms with Gasteiger partial charge in [-0.05, 0) is 17.2 Å². The number of amides is 2. The lowest BCUT2D eigenvalue weighted by Crippen LogP contribution is -2.50. The molecule has 0 saturated carbocycles. The molecule has 0 aromatic heterocycles. The Morgan fingerprint density at radius 1 is 1.10 bits per heavy atom. The van der Waals surface area contributed by atoms with Gasteiger partial charge in [0.1, 0.15) is 5.54 Å². The second-order valence-corrected chi connectivity index (χ2v) is 5.30. The van der Waals surface area contributed by atoms with Crippen LogP contribution in [0.5, 0.6) is 0 Å². The zero-order valence-electron chi connectivity index (χ0n) is 11.7. The maximum atomic E-state index is 12.3. The molecule has 21 heavy (non-hydrogen) atoms. The largest absolute Gasteiger partial charge is 0.369 e. The Bertz CT molecular complexity index is 712. The molecule has 0 bridgehead atoms. The van der Waals surface area contributed by atoms with Crippen molar-refractivity contribution in [3.63, 3.8) is 0 Å². The van der Waals surface area contributed by atoms with Crippen LogP contribution < -0.4 is 11.1 Å². The first kappa shape index (κ1) is 13.4. The minimum atomic E-state index is -0.902. The van der Waals surface area contributed by atoms with Crippen molar-refractivity contribution < 1.29 is 9.59 Å². The molecule has 1 aliphatic heterocycles. The molecule has 3 N–H and O–H groups in total. The number of primary amides is 1. The molecule has 106 valence electrons. The highest BCUT2D eigenvalue weighted by atomic mass is 16.2. The first-order chi connectivity index (χ1) is 10.1. The van der Waals surface area contributed by atoms with Gasteiger partial charge in [-0.15, -0.1) is 0 Å². The fraction of sp³-hybridized carbons (Fsp3) is 0.176. The van der Waals surface area contributed by atoms with Crippen molar-refractivity contribution in [1.82, 2.24) is 5.32 Å². The topological polar surface area (TPSA) is 72.2 Å². The Labute approximate surface area is 123 Å². The predicted octanol–water partition coefficient (Wildman–Crippen LogP) is 1.79. The minimum Gasteiger partial charge on any atom is -0.369 e. The van der Waals surface area contributed by atoms with E-state index in [1.807, 2.05) is 48.5 Å². The number of nitrogens with one attached hydrogen (secondary N) is 1. The maximum Gasteiger partial charge on any atom is 0.252 e. The van der Waals surface area contributed by atoms with E-state index in [9.17, 15) is 9.59 Å². The number of fused-ring (bicyclic) bond motifs is 1. The third-order valence-electron chi connectivity index (χ3n) is 4.21. The van der Waals surface area contributed by atoms with Crippen LogP contribution >= 0.6 is 0 Å². The van der Waals surface area contributed by atoms with Gasteiger partial charge in [-0.3, -0.25) is 9.59 Å². The predicted molar refractivity (Wildman–Crippen MR) is 79.5 cm³/mol. The summed E-state index contributed by atoms with van der Waals surface area (Å²) in [7, 11) is 0. The second-order valence-electron chi connectivity index (χ2n) is 5.30. The number of rotatable bonds is 3. The third-order valence-corrected chi connectivity index (χ3v) is 4.21.